The van der Waals surface area contributed by atoms with E-state index in [0.29, 0.717) is 23.1 Å². The van der Waals surface area contributed by atoms with Crippen LogP contribution in [0.15, 0.2) is 18.2 Å². The van der Waals surface area contributed by atoms with Crippen molar-refractivity contribution in [1.29, 1.82) is 0 Å². The molecule has 2 unspecified atom stereocenters. The Hall–Kier alpha value is -1.58. The Labute approximate surface area is 114 Å². The van der Waals surface area contributed by atoms with Crippen molar-refractivity contribution < 1.29 is 4.92 Å². The van der Waals surface area contributed by atoms with Crippen LogP contribution in [-0.4, -0.2) is 11.0 Å². The molecule has 2 atom stereocenters. The molecule has 0 bridgehead atoms. The zero-order valence-electron chi connectivity index (χ0n) is 12.1. The van der Waals surface area contributed by atoms with Crippen LogP contribution in [0.2, 0.25) is 0 Å². The van der Waals surface area contributed by atoms with E-state index in [-0.39, 0.29) is 10.6 Å². The molecule has 0 saturated heterocycles. The Morgan fingerprint density at radius 2 is 2.05 bits per heavy atom. The van der Waals surface area contributed by atoms with Crippen LogP contribution in [0.25, 0.3) is 0 Å². The summed E-state index contributed by atoms with van der Waals surface area (Å²) < 4.78 is 0. The van der Waals surface area contributed by atoms with E-state index in [9.17, 15) is 10.1 Å². The number of benzene rings is 1. The zero-order chi connectivity index (χ0) is 14.2. The number of nitrogens with one attached hydrogen (secondary N) is 1. The molecule has 1 aromatic carbocycles. The van der Waals surface area contributed by atoms with Crippen molar-refractivity contribution in [2.45, 2.75) is 46.6 Å². The molecule has 0 radical (unpaired) electrons. The second-order valence-corrected chi connectivity index (χ2v) is 6.58. The molecule has 0 heterocycles. The van der Waals surface area contributed by atoms with Crippen molar-refractivity contribution in [3.63, 3.8) is 0 Å². The average Bonchev–Trinajstić information content (AvgIpc) is 2.54. The normalized spacial score (nSPS) is 25.3. The molecule has 0 amide bonds. The van der Waals surface area contributed by atoms with Crippen molar-refractivity contribution in [2.24, 2.45) is 11.3 Å². The van der Waals surface area contributed by atoms with Gasteiger partial charge in [-0.15, -0.1) is 0 Å². The number of nitrogens with zero attached hydrogens (tertiary/aromatic N) is 1. The van der Waals surface area contributed by atoms with Crippen LogP contribution in [-0.2, 0) is 0 Å². The van der Waals surface area contributed by atoms with Crippen molar-refractivity contribution >= 4 is 11.4 Å². The SMILES string of the molecule is Cc1ccc(NC2CC(C)(C)CC2C)c([N+](=O)[O-])c1. The van der Waals surface area contributed by atoms with E-state index in [2.05, 4.69) is 26.1 Å². The first kappa shape index (κ1) is 13.8. The van der Waals surface area contributed by atoms with E-state index < -0.39 is 0 Å². The fourth-order valence-electron chi connectivity index (χ4n) is 3.20. The maximum atomic E-state index is 11.1. The van der Waals surface area contributed by atoms with Gasteiger partial charge >= 0.3 is 0 Å². The highest BCUT2D eigenvalue weighted by Crippen LogP contribution is 2.42. The van der Waals surface area contributed by atoms with Gasteiger partial charge in [-0.1, -0.05) is 26.8 Å². The zero-order valence-corrected chi connectivity index (χ0v) is 12.1. The van der Waals surface area contributed by atoms with E-state index in [1.54, 1.807) is 6.07 Å². The van der Waals surface area contributed by atoms with Gasteiger partial charge in [-0.25, -0.2) is 0 Å². The Kier molecular flexibility index (Phi) is 3.52. The van der Waals surface area contributed by atoms with Gasteiger partial charge in [0.2, 0.25) is 0 Å². The Morgan fingerprint density at radius 1 is 1.37 bits per heavy atom. The van der Waals surface area contributed by atoms with Crippen LogP contribution in [0.5, 0.6) is 0 Å². The highest BCUT2D eigenvalue weighted by molar-refractivity contribution is 5.63. The molecule has 1 aliphatic carbocycles. The minimum absolute atomic E-state index is 0.178. The van der Waals surface area contributed by atoms with Crippen LogP contribution in [0.4, 0.5) is 11.4 Å². The first-order valence-electron chi connectivity index (χ1n) is 6.80. The third-order valence-electron chi connectivity index (χ3n) is 4.02. The molecule has 4 nitrogen and oxygen atoms in total. The minimum Gasteiger partial charge on any atom is -0.376 e. The maximum Gasteiger partial charge on any atom is 0.292 e. The first-order valence-corrected chi connectivity index (χ1v) is 6.80. The maximum absolute atomic E-state index is 11.1. The van der Waals surface area contributed by atoms with E-state index in [0.717, 1.165) is 18.4 Å². The molecule has 19 heavy (non-hydrogen) atoms. The van der Waals surface area contributed by atoms with Gasteiger partial charge in [-0.2, -0.15) is 0 Å². The van der Waals surface area contributed by atoms with E-state index in [1.807, 2.05) is 19.1 Å². The summed E-state index contributed by atoms with van der Waals surface area (Å²) in [7, 11) is 0. The van der Waals surface area contributed by atoms with Gasteiger partial charge in [0, 0.05) is 12.1 Å². The van der Waals surface area contributed by atoms with Gasteiger partial charge in [-0.05, 0) is 42.7 Å². The number of rotatable bonds is 3. The average molecular weight is 262 g/mol. The lowest BCUT2D eigenvalue weighted by molar-refractivity contribution is -0.384. The molecule has 0 aromatic heterocycles. The van der Waals surface area contributed by atoms with Crippen molar-refractivity contribution in [3.8, 4) is 0 Å². The standard InChI is InChI=1S/C15H22N2O2/c1-10-5-6-12(14(7-10)17(18)19)16-13-9-15(3,4)8-11(13)2/h5-7,11,13,16H,8-9H2,1-4H3. The summed E-state index contributed by atoms with van der Waals surface area (Å²) in [5.41, 5.74) is 2.05. The molecule has 0 aliphatic heterocycles. The van der Waals surface area contributed by atoms with Crippen LogP contribution < -0.4 is 5.32 Å². The monoisotopic (exact) mass is 262 g/mol. The summed E-state index contributed by atoms with van der Waals surface area (Å²) in [6, 6.07) is 5.69. The molecular weight excluding hydrogens is 240 g/mol. The lowest BCUT2D eigenvalue weighted by Crippen LogP contribution is -2.23. The predicted molar refractivity (Wildman–Crippen MR) is 77.4 cm³/mol. The molecule has 0 spiro atoms. The minimum atomic E-state index is -0.305. The van der Waals surface area contributed by atoms with E-state index in [1.165, 1.54) is 0 Å². The molecule has 1 aliphatic rings. The van der Waals surface area contributed by atoms with Crippen molar-refractivity contribution in [2.75, 3.05) is 5.32 Å². The molecule has 1 fully saturated rings. The Balaban J connectivity index is 2.22. The number of aryl methyl sites for hydroxylation is 1. The van der Waals surface area contributed by atoms with Crippen molar-refractivity contribution in [1.82, 2.24) is 0 Å². The number of hydrogen-bond acceptors (Lipinski definition) is 3. The molecule has 2 rings (SSSR count). The number of nitro benzene ring substituents is 1. The van der Waals surface area contributed by atoms with Gasteiger partial charge in [0.15, 0.2) is 0 Å². The van der Waals surface area contributed by atoms with Gasteiger partial charge < -0.3 is 5.32 Å². The Morgan fingerprint density at radius 3 is 2.58 bits per heavy atom. The third kappa shape index (κ3) is 3.06. The summed E-state index contributed by atoms with van der Waals surface area (Å²) in [5.74, 6) is 0.538. The number of nitro groups is 1. The van der Waals surface area contributed by atoms with Crippen molar-refractivity contribution in [3.05, 3.63) is 33.9 Å². The topological polar surface area (TPSA) is 55.2 Å². The fraction of sp³-hybridized carbons (Fsp3) is 0.600. The highest BCUT2D eigenvalue weighted by atomic mass is 16.6. The summed E-state index contributed by atoms with van der Waals surface area (Å²) >= 11 is 0. The lowest BCUT2D eigenvalue weighted by Gasteiger charge is -2.19. The molecule has 4 heteroatoms. The molecule has 1 saturated carbocycles. The van der Waals surface area contributed by atoms with Gasteiger partial charge in [0.1, 0.15) is 5.69 Å². The molecule has 1 aromatic rings. The van der Waals surface area contributed by atoms with Crippen LogP contribution in [0.1, 0.15) is 39.2 Å². The van der Waals surface area contributed by atoms with Gasteiger partial charge in [0.05, 0.1) is 4.92 Å². The summed E-state index contributed by atoms with van der Waals surface area (Å²) in [6.07, 6.45) is 2.21. The fourth-order valence-corrected chi connectivity index (χ4v) is 3.20. The summed E-state index contributed by atoms with van der Waals surface area (Å²) in [5, 5.41) is 14.5. The van der Waals surface area contributed by atoms with E-state index >= 15 is 0 Å². The predicted octanol–water partition coefficient (Wildman–Crippen LogP) is 4.14. The second kappa shape index (κ2) is 4.83. The highest BCUT2D eigenvalue weighted by Gasteiger charge is 2.37. The first-order chi connectivity index (χ1) is 8.78. The molecule has 1 N–H and O–H groups in total. The summed E-state index contributed by atoms with van der Waals surface area (Å²) in [4.78, 5) is 10.8. The molecular formula is C15H22N2O2. The largest absolute Gasteiger partial charge is 0.376 e. The van der Waals surface area contributed by atoms with Crippen LogP contribution >= 0.6 is 0 Å². The smallest absolute Gasteiger partial charge is 0.292 e. The number of hydrogen-bond donors (Lipinski definition) is 1. The lowest BCUT2D eigenvalue weighted by atomic mass is 9.91. The second-order valence-electron chi connectivity index (χ2n) is 6.58. The van der Waals surface area contributed by atoms with Gasteiger partial charge in [-0.3, -0.25) is 10.1 Å². The third-order valence-corrected chi connectivity index (χ3v) is 4.02. The van der Waals surface area contributed by atoms with E-state index in [4.69, 9.17) is 0 Å². The Bertz CT molecular complexity index is 497. The quantitative estimate of drug-likeness (QED) is 0.658. The molecule has 104 valence electrons. The summed E-state index contributed by atoms with van der Waals surface area (Å²) in [6.45, 7) is 8.61. The number of anilines is 1. The van der Waals surface area contributed by atoms with Gasteiger partial charge in [0.25, 0.3) is 5.69 Å². The van der Waals surface area contributed by atoms with Crippen LogP contribution in [0.3, 0.4) is 0 Å². The van der Waals surface area contributed by atoms with Crippen LogP contribution in [0, 0.1) is 28.4 Å².